The summed E-state index contributed by atoms with van der Waals surface area (Å²) in [6, 6.07) is 8.96. The molecule has 1 aromatic heterocycles. The van der Waals surface area contributed by atoms with Crippen molar-refractivity contribution in [3.05, 3.63) is 65.5 Å². The largest absolute Gasteiger partial charge is 0.450 e. The molecule has 9 heteroatoms. The van der Waals surface area contributed by atoms with Crippen LogP contribution >= 0.6 is 0 Å². The van der Waals surface area contributed by atoms with E-state index < -0.39 is 41.7 Å². The van der Waals surface area contributed by atoms with E-state index in [-0.39, 0.29) is 34.3 Å². The third kappa shape index (κ3) is 3.85. The number of hydrogen-bond donors (Lipinski definition) is 3. The Kier molecular flexibility index (Phi) is 6.68. The number of fused-ring (bicyclic) bond motifs is 1. The molecule has 5 rings (SSSR count). The van der Waals surface area contributed by atoms with Crippen LogP contribution in [0.15, 0.2) is 59.8 Å². The SMILES string of the molecule is CC1=C[C@]23C(=O)[C@@H](C=C(CO)[C@@H](O)[C@]2(O)[C@H]1OC(=O)c1cnnn1-c1ccccc1)[C@@H](C)C(C)(C)CC[C@H]3C. The van der Waals surface area contributed by atoms with Crippen molar-refractivity contribution in [2.24, 2.45) is 28.6 Å². The fourth-order valence-electron chi connectivity index (χ4n) is 7.01. The number of ether oxygens (including phenoxy) is 1. The average Bonchev–Trinajstić information content (AvgIpc) is 3.48. The predicted molar refractivity (Wildman–Crippen MR) is 143 cm³/mol. The first-order valence-corrected chi connectivity index (χ1v) is 13.5. The lowest BCUT2D eigenvalue weighted by Crippen LogP contribution is -2.66. The van der Waals surface area contributed by atoms with Crippen LogP contribution in [-0.2, 0) is 9.53 Å². The average molecular weight is 536 g/mol. The highest BCUT2D eigenvalue weighted by Crippen LogP contribution is 2.60. The molecule has 1 aromatic carbocycles. The summed E-state index contributed by atoms with van der Waals surface area (Å²) in [7, 11) is 0. The number of hydrogen-bond acceptors (Lipinski definition) is 8. The second-order valence-corrected chi connectivity index (χ2v) is 12.1. The number of carbonyl (C=O) groups excluding carboxylic acids is 2. The molecule has 7 atom stereocenters. The minimum absolute atomic E-state index is 0.0323. The Hall–Kier alpha value is -3.14. The van der Waals surface area contributed by atoms with Crippen molar-refractivity contribution in [3.63, 3.8) is 0 Å². The summed E-state index contributed by atoms with van der Waals surface area (Å²) in [5.74, 6) is -2.17. The minimum Gasteiger partial charge on any atom is -0.450 e. The Morgan fingerprint density at radius 1 is 1.21 bits per heavy atom. The summed E-state index contributed by atoms with van der Waals surface area (Å²) >= 11 is 0. The van der Waals surface area contributed by atoms with Gasteiger partial charge in [0, 0.05) is 5.92 Å². The van der Waals surface area contributed by atoms with E-state index in [9.17, 15) is 24.9 Å². The Bertz CT molecular complexity index is 1350. The minimum atomic E-state index is -2.22. The topological polar surface area (TPSA) is 135 Å². The molecule has 3 N–H and O–H groups in total. The van der Waals surface area contributed by atoms with E-state index in [2.05, 4.69) is 24.2 Å². The third-order valence-corrected chi connectivity index (χ3v) is 9.74. The normalized spacial score (nSPS) is 35.7. The van der Waals surface area contributed by atoms with Gasteiger partial charge >= 0.3 is 5.97 Å². The summed E-state index contributed by atoms with van der Waals surface area (Å²) in [5, 5.41) is 42.5. The van der Waals surface area contributed by atoms with Crippen molar-refractivity contribution in [1.29, 1.82) is 0 Å². The molecular weight excluding hydrogens is 498 g/mol. The summed E-state index contributed by atoms with van der Waals surface area (Å²) in [5.41, 5.74) is -2.69. The molecule has 2 bridgehead atoms. The molecule has 1 spiro atoms. The van der Waals surface area contributed by atoms with Gasteiger partial charge in [0.05, 0.1) is 23.9 Å². The van der Waals surface area contributed by atoms with Gasteiger partial charge in [-0.1, -0.05) is 63.3 Å². The Morgan fingerprint density at radius 3 is 2.56 bits per heavy atom. The maximum absolute atomic E-state index is 14.6. The lowest BCUT2D eigenvalue weighted by Gasteiger charge is -2.51. The molecule has 39 heavy (non-hydrogen) atoms. The first-order chi connectivity index (χ1) is 18.4. The highest BCUT2D eigenvalue weighted by molar-refractivity contribution is 5.95. The summed E-state index contributed by atoms with van der Waals surface area (Å²) in [4.78, 5) is 28.1. The predicted octanol–water partition coefficient (Wildman–Crippen LogP) is 3.04. The fraction of sp³-hybridized carbons (Fsp3) is 0.533. The standard InChI is InChI=1S/C30H37N3O6/c1-17-14-29-18(2)11-12-28(4,5)19(3)22(25(29)36)13-20(16-34)24(35)30(29,38)26(17)39-27(37)23-15-31-32-33(23)21-9-7-6-8-10-21/h6-10,13-15,18-19,22,24,26,34-35,38H,11-12,16H2,1-5H3/t18-,19-,22+,24-,26+,29+,30+/m1/s1. The van der Waals surface area contributed by atoms with Crippen LogP contribution in [0.1, 0.15) is 57.9 Å². The van der Waals surface area contributed by atoms with E-state index in [1.807, 2.05) is 19.9 Å². The van der Waals surface area contributed by atoms with E-state index in [4.69, 9.17) is 4.74 Å². The van der Waals surface area contributed by atoms with Crippen LogP contribution in [0.5, 0.6) is 0 Å². The van der Waals surface area contributed by atoms with Crippen molar-refractivity contribution in [2.45, 2.75) is 65.3 Å². The van der Waals surface area contributed by atoms with Gasteiger partial charge in [0.2, 0.25) is 0 Å². The summed E-state index contributed by atoms with van der Waals surface area (Å²) in [6.45, 7) is 9.32. The van der Waals surface area contributed by atoms with Crippen molar-refractivity contribution in [2.75, 3.05) is 6.61 Å². The highest BCUT2D eigenvalue weighted by atomic mass is 16.6. The molecule has 208 valence electrons. The van der Waals surface area contributed by atoms with E-state index in [1.54, 1.807) is 43.3 Å². The number of aliphatic hydroxyl groups is 3. The van der Waals surface area contributed by atoms with E-state index in [0.717, 1.165) is 6.42 Å². The number of carbonyl (C=O) groups is 2. The van der Waals surface area contributed by atoms with Crippen LogP contribution < -0.4 is 0 Å². The third-order valence-electron chi connectivity index (χ3n) is 9.74. The number of para-hydroxylation sites is 1. The summed E-state index contributed by atoms with van der Waals surface area (Å²) in [6.07, 6.45) is 3.04. The zero-order valence-electron chi connectivity index (χ0n) is 23.0. The van der Waals surface area contributed by atoms with Crippen LogP contribution in [0.25, 0.3) is 5.69 Å². The smallest absolute Gasteiger partial charge is 0.359 e. The van der Waals surface area contributed by atoms with Gasteiger partial charge in [0.25, 0.3) is 0 Å². The first kappa shape index (κ1) is 27.4. The van der Waals surface area contributed by atoms with Crippen LogP contribution in [0, 0.1) is 28.6 Å². The van der Waals surface area contributed by atoms with Gasteiger partial charge < -0.3 is 20.1 Å². The zero-order valence-corrected chi connectivity index (χ0v) is 23.0. The van der Waals surface area contributed by atoms with Gasteiger partial charge in [0.1, 0.15) is 6.10 Å². The molecule has 0 amide bonds. The Balaban J connectivity index is 1.62. The number of ketones is 1. The van der Waals surface area contributed by atoms with Gasteiger partial charge in [-0.15, -0.1) is 5.10 Å². The van der Waals surface area contributed by atoms with Crippen molar-refractivity contribution >= 4 is 11.8 Å². The molecule has 3 aliphatic rings. The number of benzene rings is 1. The number of Topliss-reactive ketones (excluding diaryl/α,β-unsaturated/α-hetero) is 1. The summed E-state index contributed by atoms with van der Waals surface area (Å²) < 4.78 is 7.30. The molecule has 9 nitrogen and oxygen atoms in total. The monoisotopic (exact) mass is 535 g/mol. The number of nitrogens with zero attached hydrogens (tertiary/aromatic N) is 3. The second-order valence-electron chi connectivity index (χ2n) is 12.1. The highest BCUT2D eigenvalue weighted by Gasteiger charge is 2.72. The molecule has 1 saturated carbocycles. The number of allylic oxidation sites excluding steroid dienone is 1. The Morgan fingerprint density at radius 2 is 1.90 bits per heavy atom. The van der Waals surface area contributed by atoms with E-state index in [0.29, 0.717) is 17.7 Å². The quantitative estimate of drug-likeness (QED) is 0.402. The van der Waals surface area contributed by atoms with Crippen LogP contribution in [0.3, 0.4) is 0 Å². The van der Waals surface area contributed by atoms with Gasteiger partial charge in [-0.05, 0) is 60.3 Å². The van der Waals surface area contributed by atoms with Gasteiger partial charge in [-0.3, -0.25) is 4.79 Å². The van der Waals surface area contributed by atoms with Crippen LogP contribution in [0.2, 0.25) is 0 Å². The first-order valence-electron chi connectivity index (χ1n) is 13.5. The van der Waals surface area contributed by atoms with Gasteiger partial charge in [0.15, 0.2) is 23.2 Å². The molecule has 0 unspecified atom stereocenters. The van der Waals surface area contributed by atoms with Gasteiger partial charge in [-0.25, -0.2) is 9.48 Å². The lowest BCUT2D eigenvalue weighted by molar-refractivity contribution is -0.194. The molecule has 3 aliphatic carbocycles. The fourth-order valence-corrected chi connectivity index (χ4v) is 7.01. The molecular formula is C30H37N3O6. The molecule has 0 aliphatic heterocycles. The van der Waals surface area contributed by atoms with Gasteiger partial charge in [-0.2, -0.15) is 0 Å². The second kappa shape index (κ2) is 9.50. The number of esters is 1. The lowest BCUT2D eigenvalue weighted by atomic mass is 9.54. The zero-order chi connectivity index (χ0) is 28.3. The molecule has 1 fully saturated rings. The molecule has 0 saturated heterocycles. The molecule has 0 radical (unpaired) electrons. The van der Waals surface area contributed by atoms with E-state index >= 15 is 0 Å². The van der Waals surface area contributed by atoms with E-state index in [1.165, 1.54) is 10.9 Å². The van der Waals surface area contributed by atoms with Crippen molar-refractivity contribution < 1.29 is 29.6 Å². The number of aliphatic hydroxyl groups excluding tert-OH is 2. The Labute approximate surface area is 228 Å². The number of rotatable bonds is 4. The maximum atomic E-state index is 14.6. The maximum Gasteiger partial charge on any atom is 0.359 e. The molecule has 2 aromatic rings. The van der Waals surface area contributed by atoms with Crippen LogP contribution in [-0.4, -0.2) is 66.5 Å². The molecule has 1 heterocycles. The van der Waals surface area contributed by atoms with Crippen LogP contribution in [0.4, 0.5) is 0 Å². The van der Waals surface area contributed by atoms with Crippen molar-refractivity contribution in [1.82, 2.24) is 15.0 Å². The number of aromatic nitrogens is 3. The van der Waals surface area contributed by atoms with Crippen molar-refractivity contribution in [3.8, 4) is 5.69 Å².